The highest BCUT2D eigenvalue weighted by molar-refractivity contribution is 5.51. The zero-order chi connectivity index (χ0) is 15.5. The Morgan fingerprint density at radius 3 is 2.73 bits per heavy atom. The molecule has 2 aromatic heterocycles. The lowest BCUT2D eigenvalue weighted by molar-refractivity contribution is 0.0524. The van der Waals surface area contributed by atoms with Crippen LogP contribution in [0, 0.1) is 5.92 Å². The Morgan fingerprint density at radius 2 is 2.09 bits per heavy atom. The molecule has 6 heteroatoms. The number of aliphatic hydroxyl groups excluding tert-OH is 1. The van der Waals surface area contributed by atoms with E-state index in [0.717, 1.165) is 31.5 Å². The van der Waals surface area contributed by atoms with Gasteiger partial charge >= 0.3 is 0 Å². The molecule has 0 saturated carbocycles. The average molecular weight is 302 g/mol. The molecule has 2 atom stereocenters. The number of nitrogens with zero attached hydrogens (tertiary/aromatic N) is 4. The lowest BCUT2D eigenvalue weighted by Gasteiger charge is -2.35. The number of hydrogen-bond donors (Lipinski definition) is 1. The van der Waals surface area contributed by atoms with Crippen LogP contribution in [0.3, 0.4) is 0 Å². The number of aromatic nitrogens is 3. The van der Waals surface area contributed by atoms with Crippen molar-refractivity contribution >= 4 is 0 Å². The second-order valence-electron chi connectivity index (χ2n) is 5.99. The second kappa shape index (κ2) is 6.54. The van der Waals surface area contributed by atoms with Crippen LogP contribution in [0.5, 0.6) is 0 Å². The maximum Gasteiger partial charge on any atom is 0.244 e. The molecular weight excluding hydrogens is 280 g/mol. The van der Waals surface area contributed by atoms with Crippen LogP contribution in [-0.4, -0.2) is 44.3 Å². The Hall–Kier alpha value is -1.79. The van der Waals surface area contributed by atoms with E-state index in [-0.39, 0.29) is 12.1 Å². The summed E-state index contributed by atoms with van der Waals surface area (Å²) in [5.74, 6) is 1.61. The average Bonchev–Trinajstić information content (AvgIpc) is 3.05. The zero-order valence-corrected chi connectivity index (χ0v) is 13.0. The van der Waals surface area contributed by atoms with Crippen molar-refractivity contribution in [3.63, 3.8) is 0 Å². The lowest BCUT2D eigenvalue weighted by atomic mass is 9.91. The quantitative estimate of drug-likeness (QED) is 0.934. The largest absolute Gasteiger partial charge is 0.393 e. The van der Waals surface area contributed by atoms with Crippen molar-refractivity contribution in [2.24, 2.45) is 5.92 Å². The van der Waals surface area contributed by atoms with E-state index in [2.05, 4.69) is 26.9 Å². The summed E-state index contributed by atoms with van der Waals surface area (Å²) in [6.45, 7) is 5.86. The minimum absolute atomic E-state index is 0.0906. The van der Waals surface area contributed by atoms with E-state index in [9.17, 15) is 5.11 Å². The van der Waals surface area contributed by atoms with Crippen molar-refractivity contribution in [3.05, 3.63) is 30.4 Å². The second-order valence-corrected chi connectivity index (χ2v) is 5.99. The normalized spacial score (nSPS) is 20.0. The summed E-state index contributed by atoms with van der Waals surface area (Å²) in [4.78, 5) is 10.9. The molecule has 0 amide bonds. The van der Waals surface area contributed by atoms with Crippen molar-refractivity contribution in [2.45, 2.75) is 38.8 Å². The summed E-state index contributed by atoms with van der Waals surface area (Å²) in [5, 5.41) is 13.7. The fourth-order valence-electron chi connectivity index (χ4n) is 2.96. The molecule has 0 radical (unpaired) electrons. The molecule has 6 nitrogen and oxygen atoms in total. The third kappa shape index (κ3) is 3.18. The summed E-state index contributed by atoms with van der Waals surface area (Å²) in [5.41, 5.74) is 0.859. The van der Waals surface area contributed by atoms with Crippen LogP contribution in [0.15, 0.2) is 29.0 Å². The smallest absolute Gasteiger partial charge is 0.244 e. The van der Waals surface area contributed by atoms with Crippen molar-refractivity contribution in [1.29, 1.82) is 0 Å². The van der Waals surface area contributed by atoms with Gasteiger partial charge in [0.05, 0.1) is 12.1 Å². The monoisotopic (exact) mass is 302 g/mol. The van der Waals surface area contributed by atoms with Crippen molar-refractivity contribution in [2.75, 3.05) is 13.1 Å². The summed E-state index contributed by atoms with van der Waals surface area (Å²) in [6, 6.07) is 3.86. The predicted octanol–water partition coefficient (Wildman–Crippen LogP) is 2.29. The van der Waals surface area contributed by atoms with Crippen molar-refractivity contribution < 1.29 is 9.63 Å². The van der Waals surface area contributed by atoms with Crippen molar-refractivity contribution in [3.8, 4) is 11.4 Å². The number of aliphatic hydroxyl groups is 1. The molecule has 0 aliphatic carbocycles. The third-order valence-electron chi connectivity index (χ3n) is 4.52. The zero-order valence-electron chi connectivity index (χ0n) is 13.0. The van der Waals surface area contributed by atoms with E-state index >= 15 is 0 Å². The minimum Gasteiger partial charge on any atom is -0.393 e. The molecule has 1 N–H and O–H groups in total. The van der Waals surface area contributed by atoms with Gasteiger partial charge in [0.25, 0.3) is 0 Å². The molecule has 118 valence electrons. The minimum atomic E-state index is -0.224. The third-order valence-corrected chi connectivity index (χ3v) is 4.52. The first-order valence-corrected chi connectivity index (χ1v) is 7.81. The van der Waals surface area contributed by atoms with Gasteiger partial charge in [0.2, 0.25) is 11.7 Å². The maximum atomic E-state index is 9.68. The SMILES string of the molecule is CC(O)C1CCN(C(C)c2nc(-c3cccnc3)no2)CC1. The van der Waals surface area contributed by atoms with Gasteiger partial charge < -0.3 is 9.63 Å². The molecule has 0 spiro atoms. The van der Waals surface area contributed by atoms with Gasteiger partial charge in [0.1, 0.15) is 0 Å². The van der Waals surface area contributed by atoms with Gasteiger partial charge in [-0.2, -0.15) is 4.98 Å². The number of likely N-dealkylation sites (tertiary alicyclic amines) is 1. The van der Waals surface area contributed by atoms with Crippen LogP contribution < -0.4 is 0 Å². The fourth-order valence-corrected chi connectivity index (χ4v) is 2.96. The molecule has 3 heterocycles. The summed E-state index contributed by atoms with van der Waals surface area (Å²) in [6.07, 6.45) is 5.24. The Morgan fingerprint density at radius 1 is 1.32 bits per heavy atom. The van der Waals surface area contributed by atoms with Gasteiger partial charge in [-0.3, -0.25) is 9.88 Å². The molecule has 0 aromatic carbocycles. The number of rotatable bonds is 4. The Labute approximate surface area is 130 Å². The van der Waals surface area contributed by atoms with Gasteiger partial charge in [-0.05, 0) is 57.8 Å². The Balaban J connectivity index is 1.66. The molecule has 2 unspecified atom stereocenters. The highest BCUT2D eigenvalue weighted by atomic mass is 16.5. The van der Waals surface area contributed by atoms with Gasteiger partial charge in [0.15, 0.2) is 0 Å². The molecule has 1 aliphatic rings. The molecule has 3 rings (SSSR count). The number of pyridine rings is 1. The molecule has 1 saturated heterocycles. The molecular formula is C16H22N4O2. The van der Waals surface area contributed by atoms with Crippen LogP contribution in [0.1, 0.15) is 38.6 Å². The van der Waals surface area contributed by atoms with E-state index in [1.165, 1.54) is 0 Å². The highest BCUT2D eigenvalue weighted by Crippen LogP contribution is 2.28. The summed E-state index contributed by atoms with van der Waals surface area (Å²) >= 11 is 0. The molecule has 1 aliphatic heterocycles. The van der Waals surface area contributed by atoms with Gasteiger partial charge in [-0.25, -0.2) is 0 Å². The first-order chi connectivity index (χ1) is 10.6. The molecule has 0 bridgehead atoms. The van der Waals surface area contributed by atoms with Crippen LogP contribution in [-0.2, 0) is 0 Å². The maximum absolute atomic E-state index is 9.68. The van der Waals surface area contributed by atoms with Crippen LogP contribution in [0.4, 0.5) is 0 Å². The standard InChI is InChI=1S/C16H22N4O2/c1-11(20-8-5-13(6-9-20)12(2)21)16-18-15(19-22-16)14-4-3-7-17-10-14/h3-4,7,10-13,21H,5-6,8-9H2,1-2H3. The Bertz CT molecular complexity index is 591. The van der Waals surface area contributed by atoms with Crippen LogP contribution in [0.2, 0.25) is 0 Å². The van der Waals surface area contributed by atoms with Gasteiger partial charge in [0, 0.05) is 18.0 Å². The van der Waals surface area contributed by atoms with E-state index in [1.807, 2.05) is 19.1 Å². The molecule has 22 heavy (non-hydrogen) atoms. The van der Waals surface area contributed by atoms with Gasteiger partial charge in [-0.1, -0.05) is 5.16 Å². The first-order valence-electron chi connectivity index (χ1n) is 7.81. The van der Waals surface area contributed by atoms with E-state index in [0.29, 0.717) is 17.6 Å². The molecule has 1 fully saturated rings. The molecule has 2 aromatic rings. The lowest BCUT2D eigenvalue weighted by Crippen LogP contribution is -2.38. The fraction of sp³-hybridized carbons (Fsp3) is 0.562. The summed E-state index contributed by atoms with van der Waals surface area (Å²) in [7, 11) is 0. The number of piperidine rings is 1. The van der Waals surface area contributed by atoms with Gasteiger partial charge in [-0.15, -0.1) is 0 Å². The van der Waals surface area contributed by atoms with Crippen LogP contribution >= 0.6 is 0 Å². The van der Waals surface area contributed by atoms with Crippen LogP contribution in [0.25, 0.3) is 11.4 Å². The highest BCUT2D eigenvalue weighted by Gasteiger charge is 2.28. The van der Waals surface area contributed by atoms with E-state index in [1.54, 1.807) is 12.4 Å². The summed E-state index contributed by atoms with van der Waals surface area (Å²) < 4.78 is 5.43. The Kier molecular flexibility index (Phi) is 4.49. The number of hydrogen-bond acceptors (Lipinski definition) is 6. The van der Waals surface area contributed by atoms with Crippen molar-refractivity contribution in [1.82, 2.24) is 20.0 Å². The van der Waals surface area contributed by atoms with E-state index < -0.39 is 0 Å². The predicted molar refractivity (Wildman–Crippen MR) is 81.9 cm³/mol. The topological polar surface area (TPSA) is 75.3 Å². The van der Waals surface area contributed by atoms with E-state index in [4.69, 9.17) is 4.52 Å². The first kappa shape index (κ1) is 15.1.